The van der Waals surface area contributed by atoms with Gasteiger partial charge < -0.3 is 15.1 Å². The minimum atomic E-state index is -0.204. The molecule has 106 valence electrons. The van der Waals surface area contributed by atoms with E-state index < -0.39 is 0 Å². The van der Waals surface area contributed by atoms with Gasteiger partial charge in [0.05, 0.1) is 12.8 Å². The van der Waals surface area contributed by atoms with Crippen LogP contribution in [0, 0.1) is 0 Å². The fraction of sp³-hybridized carbons (Fsp3) is 0.357. The molecule has 2 aromatic rings. The van der Waals surface area contributed by atoms with Crippen molar-refractivity contribution < 1.29 is 9.21 Å². The highest BCUT2D eigenvalue weighted by Gasteiger charge is 2.10. The van der Waals surface area contributed by atoms with Crippen LogP contribution in [-0.4, -0.2) is 22.1 Å². The lowest BCUT2D eigenvalue weighted by Crippen LogP contribution is -2.32. The summed E-state index contributed by atoms with van der Waals surface area (Å²) >= 11 is 0. The summed E-state index contributed by atoms with van der Waals surface area (Å²) in [6, 6.07) is 7.19. The van der Waals surface area contributed by atoms with Gasteiger partial charge in [-0.25, -0.2) is 0 Å². The van der Waals surface area contributed by atoms with E-state index in [0.29, 0.717) is 18.1 Å². The maximum atomic E-state index is 11.8. The van der Waals surface area contributed by atoms with Crippen LogP contribution < -0.4 is 10.6 Å². The molecule has 0 fully saturated rings. The Balaban J connectivity index is 1.90. The molecule has 1 unspecified atom stereocenters. The van der Waals surface area contributed by atoms with E-state index in [9.17, 15) is 4.79 Å². The van der Waals surface area contributed by atoms with Crippen molar-refractivity contribution in [2.75, 3.05) is 5.32 Å². The van der Waals surface area contributed by atoms with E-state index in [-0.39, 0.29) is 11.9 Å². The number of carbonyl (C=O) groups excluding carboxylic acids is 1. The number of carbonyl (C=O) groups is 1. The Morgan fingerprint density at radius 3 is 2.80 bits per heavy atom. The molecule has 2 heterocycles. The van der Waals surface area contributed by atoms with Crippen LogP contribution in [0.1, 0.15) is 36.5 Å². The topological polar surface area (TPSA) is 80.0 Å². The lowest BCUT2D eigenvalue weighted by Gasteiger charge is -2.10. The molecule has 6 heteroatoms. The average molecular weight is 274 g/mol. The predicted molar refractivity (Wildman–Crippen MR) is 75.3 cm³/mol. The molecular weight excluding hydrogens is 256 g/mol. The van der Waals surface area contributed by atoms with E-state index in [2.05, 4.69) is 20.8 Å². The summed E-state index contributed by atoms with van der Waals surface area (Å²) in [4.78, 5) is 11.8. The van der Waals surface area contributed by atoms with Gasteiger partial charge in [0.25, 0.3) is 5.91 Å². The van der Waals surface area contributed by atoms with Crippen LogP contribution in [0.4, 0.5) is 5.82 Å². The van der Waals surface area contributed by atoms with Crippen LogP contribution in [0.25, 0.3) is 0 Å². The monoisotopic (exact) mass is 274 g/mol. The highest BCUT2D eigenvalue weighted by molar-refractivity contribution is 5.92. The maximum Gasteiger partial charge on any atom is 0.272 e. The summed E-state index contributed by atoms with van der Waals surface area (Å²) in [5.74, 6) is 1.20. The Hall–Kier alpha value is -2.37. The van der Waals surface area contributed by atoms with Crippen LogP contribution >= 0.6 is 0 Å². The molecule has 0 aliphatic carbocycles. The Labute approximate surface area is 117 Å². The summed E-state index contributed by atoms with van der Waals surface area (Å²) in [7, 11) is 0. The van der Waals surface area contributed by atoms with E-state index in [1.54, 1.807) is 18.4 Å². The predicted octanol–water partition coefficient (Wildman–Crippen LogP) is 2.21. The first kappa shape index (κ1) is 14.0. The fourth-order valence-electron chi connectivity index (χ4n) is 1.54. The van der Waals surface area contributed by atoms with E-state index in [1.807, 2.05) is 26.0 Å². The van der Waals surface area contributed by atoms with Gasteiger partial charge >= 0.3 is 0 Å². The van der Waals surface area contributed by atoms with Crippen LogP contribution in [0.2, 0.25) is 0 Å². The number of rotatable bonds is 6. The quantitative estimate of drug-likeness (QED) is 0.844. The first-order chi connectivity index (χ1) is 9.69. The van der Waals surface area contributed by atoms with Crippen LogP contribution in [0.15, 0.2) is 34.9 Å². The van der Waals surface area contributed by atoms with E-state index >= 15 is 0 Å². The number of hydrogen-bond donors (Lipinski definition) is 2. The van der Waals surface area contributed by atoms with Crippen molar-refractivity contribution in [1.29, 1.82) is 0 Å². The zero-order chi connectivity index (χ0) is 14.4. The van der Waals surface area contributed by atoms with Gasteiger partial charge in [0.2, 0.25) is 0 Å². The Morgan fingerprint density at radius 1 is 1.35 bits per heavy atom. The van der Waals surface area contributed by atoms with Gasteiger partial charge in [-0.15, -0.1) is 10.2 Å². The smallest absolute Gasteiger partial charge is 0.272 e. The third-order valence-electron chi connectivity index (χ3n) is 2.91. The van der Waals surface area contributed by atoms with Gasteiger partial charge in [0, 0.05) is 6.04 Å². The Morgan fingerprint density at radius 2 is 2.20 bits per heavy atom. The van der Waals surface area contributed by atoms with Gasteiger partial charge in [-0.3, -0.25) is 4.79 Å². The minimum absolute atomic E-state index is 0.126. The van der Waals surface area contributed by atoms with Crippen molar-refractivity contribution >= 4 is 11.7 Å². The molecule has 20 heavy (non-hydrogen) atoms. The van der Waals surface area contributed by atoms with E-state index in [4.69, 9.17) is 4.42 Å². The summed E-state index contributed by atoms with van der Waals surface area (Å²) in [5.41, 5.74) is 0.314. The van der Waals surface area contributed by atoms with Gasteiger partial charge in [-0.2, -0.15) is 0 Å². The molecule has 0 aromatic carbocycles. The molecule has 0 saturated carbocycles. The summed E-state index contributed by atoms with van der Waals surface area (Å²) in [6.07, 6.45) is 2.49. The van der Waals surface area contributed by atoms with Crippen molar-refractivity contribution in [2.24, 2.45) is 0 Å². The van der Waals surface area contributed by atoms with E-state index in [0.717, 1.165) is 12.2 Å². The van der Waals surface area contributed by atoms with Crippen LogP contribution in [0.5, 0.6) is 0 Å². The number of anilines is 1. The summed E-state index contributed by atoms with van der Waals surface area (Å²) in [5, 5.41) is 13.8. The molecule has 0 saturated heterocycles. The van der Waals surface area contributed by atoms with Crippen molar-refractivity contribution in [1.82, 2.24) is 15.5 Å². The lowest BCUT2D eigenvalue weighted by molar-refractivity contribution is 0.0933. The molecular formula is C14H18N4O2. The minimum Gasteiger partial charge on any atom is -0.467 e. The molecule has 0 bridgehead atoms. The maximum absolute atomic E-state index is 11.8. The molecule has 0 radical (unpaired) electrons. The summed E-state index contributed by atoms with van der Waals surface area (Å²) < 4.78 is 5.20. The second-order valence-corrected chi connectivity index (χ2v) is 4.52. The number of aromatic nitrogens is 2. The standard InChI is InChI=1S/C14H18N4O2/c1-3-10(2)16-14(19)12-6-7-13(18-17-12)15-9-11-5-4-8-20-11/h4-8,10H,3,9H2,1-2H3,(H,15,18)(H,16,19). The molecule has 1 amide bonds. The molecule has 0 spiro atoms. The van der Waals surface area contributed by atoms with Crippen molar-refractivity contribution in [3.63, 3.8) is 0 Å². The second kappa shape index (κ2) is 6.70. The third-order valence-corrected chi connectivity index (χ3v) is 2.91. The van der Waals surface area contributed by atoms with Gasteiger partial charge in [-0.1, -0.05) is 6.92 Å². The first-order valence-electron chi connectivity index (χ1n) is 6.60. The first-order valence-corrected chi connectivity index (χ1v) is 6.60. The van der Waals surface area contributed by atoms with Crippen molar-refractivity contribution in [3.05, 3.63) is 42.0 Å². The normalized spacial score (nSPS) is 11.9. The molecule has 2 aromatic heterocycles. The molecule has 6 nitrogen and oxygen atoms in total. The Kier molecular flexibility index (Phi) is 4.70. The number of furan rings is 1. The van der Waals surface area contributed by atoms with E-state index in [1.165, 1.54) is 0 Å². The molecule has 2 rings (SSSR count). The lowest BCUT2D eigenvalue weighted by atomic mass is 10.2. The Bertz CT molecular complexity index is 537. The second-order valence-electron chi connectivity index (χ2n) is 4.52. The molecule has 0 aliphatic heterocycles. The fourth-order valence-corrected chi connectivity index (χ4v) is 1.54. The number of nitrogens with one attached hydrogen (secondary N) is 2. The van der Waals surface area contributed by atoms with Crippen LogP contribution in [-0.2, 0) is 6.54 Å². The highest BCUT2D eigenvalue weighted by Crippen LogP contribution is 2.06. The third kappa shape index (κ3) is 3.81. The largest absolute Gasteiger partial charge is 0.467 e. The number of nitrogens with zero attached hydrogens (tertiary/aromatic N) is 2. The molecule has 0 aliphatic rings. The average Bonchev–Trinajstić information content (AvgIpc) is 2.98. The number of hydrogen-bond acceptors (Lipinski definition) is 5. The van der Waals surface area contributed by atoms with Crippen molar-refractivity contribution in [2.45, 2.75) is 32.9 Å². The summed E-state index contributed by atoms with van der Waals surface area (Å²) in [6.45, 7) is 4.49. The van der Waals surface area contributed by atoms with Gasteiger partial charge in [-0.05, 0) is 37.6 Å². The molecule has 2 N–H and O–H groups in total. The van der Waals surface area contributed by atoms with Gasteiger partial charge in [0.15, 0.2) is 5.69 Å². The zero-order valence-corrected chi connectivity index (χ0v) is 11.6. The highest BCUT2D eigenvalue weighted by atomic mass is 16.3. The number of amides is 1. The van der Waals surface area contributed by atoms with Crippen molar-refractivity contribution in [3.8, 4) is 0 Å². The SMILES string of the molecule is CCC(C)NC(=O)c1ccc(NCc2ccco2)nn1. The van der Waals surface area contributed by atoms with Gasteiger partial charge in [0.1, 0.15) is 11.6 Å². The molecule has 1 atom stereocenters. The van der Waals surface area contributed by atoms with Crippen LogP contribution in [0.3, 0.4) is 0 Å². The zero-order valence-electron chi connectivity index (χ0n) is 11.6.